The van der Waals surface area contributed by atoms with Crippen LogP contribution in [-0.2, 0) is 13.0 Å². The molecular formula is C16H20BrNO2. The van der Waals surface area contributed by atoms with Gasteiger partial charge in [0.05, 0.1) is 13.2 Å². The average Bonchev–Trinajstić information content (AvgIpc) is 2.91. The van der Waals surface area contributed by atoms with Crippen LogP contribution in [0.1, 0.15) is 19.4 Å². The number of aromatic nitrogens is 1. The maximum Gasteiger partial charge on any atom is 0.161 e. The molecule has 0 amide bonds. The summed E-state index contributed by atoms with van der Waals surface area (Å²) >= 11 is 3.61. The highest BCUT2D eigenvalue weighted by Gasteiger charge is 2.11. The first kappa shape index (κ1) is 15.0. The number of hydrogen-bond acceptors (Lipinski definition) is 2. The van der Waals surface area contributed by atoms with Crippen LogP contribution in [0.5, 0.6) is 11.5 Å². The first-order valence-electron chi connectivity index (χ1n) is 6.74. The summed E-state index contributed by atoms with van der Waals surface area (Å²) in [7, 11) is 1.66. The molecule has 4 heteroatoms. The Kier molecular flexibility index (Phi) is 5.12. The highest BCUT2D eigenvalue weighted by atomic mass is 79.9. The van der Waals surface area contributed by atoms with E-state index >= 15 is 0 Å². The summed E-state index contributed by atoms with van der Waals surface area (Å²) in [6, 6.07) is 8.11. The molecular weight excluding hydrogens is 318 g/mol. The van der Waals surface area contributed by atoms with E-state index in [1.165, 1.54) is 5.56 Å². The zero-order chi connectivity index (χ0) is 14.5. The van der Waals surface area contributed by atoms with Gasteiger partial charge < -0.3 is 14.0 Å². The molecule has 1 heterocycles. The van der Waals surface area contributed by atoms with Gasteiger partial charge in [0.1, 0.15) is 0 Å². The van der Waals surface area contributed by atoms with Crippen molar-refractivity contribution in [2.45, 2.75) is 32.9 Å². The Morgan fingerprint density at radius 2 is 1.85 bits per heavy atom. The number of benzene rings is 1. The summed E-state index contributed by atoms with van der Waals surface area (Å²) in [5, 5.41) is 0. The first-order chi connectivity index (χ1) is 9.60. The van der Waals surface area contributed by atoms with Crippen molar-refractivity contribution in [3.8, 4) is 11.5 Å². The molecule has 108 valence electrons. The monoisotopic (exact) mass is 337 g/mol. The molecule has 0 radical (unpaired) electrons. The molecule has 0 fully saturated rings. The summed E-state index contributed by atoms with van der Waals surface area (Å²) in [5.74, 6) is 1.56. The van der Waals surface area contributed by atoms with E-state index in [2.05, 4.69) is 39.0 Å². The van der Waals surface area contributed by atoms with E-state index in [9.17, 15) is 0 Å². The van der Waals surface area contributed by atoms with Crippen molar-refractivity contribution in [1.29, 1.82) is 0 Å². The largest absolute Gasteiger partial charge is 0.493 e. The van der Waals surface area contributed by atoms with E-state index in [0.717, 1.165) is 28.9 Å². The van der Waals surface area contributed by atoms with E-state index in [0.29, 0.717) is 0 Å². The lowest BCUT2D eigenvalue weighted by atomic mass is 10.1. The highest BCUT2D eigenvalue weighted by molar-refractivity contribution is 9.10. The van der Waals surface area contributed by atoms with Crippen molar-refractivity contribution < 1.29 is 9.47 Å². The van der Waals surface area contributed by atoms with Crippen molar-refractivity contribution in [2.24, 2.45) is 0 Å². The molecule has 20 heavy (non-hydrogen) atoms. The summed E-state index contributed by atoms with van der Waals surface area (Å²) in [5.41, 5.74) is 1.22. The molecule has 0 bridgehead atoms. The predicted octanol–water partition coefficient (Wildman–Crippen LogP) is 4.29. The molecule has 0 aliphatic heterocycles. The third-order valence-corrected chi connectivity index (χ3v) is 3.74. The van der Waals surface area contributed by atoms with Crippen molar-refractivity contribution in [3.63, 3.8) is 0 Å². The Balaban J connectivity index is 2.19. The van der Waals surface area contributed by atoms with E-state index in [4.69, 9.17) is 9.47 Å². The van der Waals surface area contributed by atoms with Crippen LogP contribution >= 0.6 is 15.9 Å². The molecule has 0 aliphatic rings. The fraction of sp³-hybridized carbons (Fsp3) is 0.375. The molecule has 3 nitrogen and oxygen atoms in total. The molecule has 1 aromatic carbocycles. The summed E-state index contributed by atoms with van der Waals surface area (Å²) in [6.07, 6.45) is 5.21. The molecule has 0 saturated heterocycles. The van der Waals surface area contributed by atoms with E-state index in [1.807, 2.05) is 32.0 Å². The van der Waals surface area contributed by atoms with Gasteiger partial charge in [-0.15, -0.1) is 0 Å². The summed E-state index contributed by atoms with van der Waals surface area (Å²) in [4.78, 5) is 0. The normalized spacial score (nSPS) is 10.8. The highest BCUT2D eigenvalue weighted by Crippen LogP contribution is 2.34. The quantitative estimate of drug-likeness (QED) is 0.784. The van der Waals surface area contributed by atoms with Gasteiger partial charge in [-0.25, -0.2) is 0 Å². The van der Waals surface area contributed by atoms with Gasteiger partial charge in [0.25, 0.3) is 0 Å². The second kappa shape index (κ2) is 6.84. The minimum Gasteiger partial charge on any atom is -0.493 e. The Morgan fingerprint density at radius 1 is 1.15 bits per heavy atom. The Hall–Kier alpha value is -1.42. The molecule has 0 unspecified atom stereocenters. The number of nitrogens with zero attached hydrogens (tertiary/aromatic N) is 1. The number of halogens is 1. The third-order valence-electron chi connectivity index (χ3n) is 3.00. The van der Waals surface area contributed by atoms with Gasteiger partial charge in [-0.05, 0) is 50.1 Å². The fourth-order valence-electron chi connectivity index (χ4n) is 2.04. The number of aryl methyl sites for hydroxylation is 2. The molecule has 0 spiro atoms. The van der Waals surface area contributed by atoms with Crippen molar-refractivity contribution in [2.75, 3.05) is 7.11 Å². The predicted molar refractivity (Wildman–Crippen MR) is 84.6 cm³/mol. The molecule has 1 aromatic heterocycles. The van der Waals surface area contributed by atoms with Gasteiger partial charge in [-0.1, -0.05) is 15.9 Å². The standard InChI is InChI=1S/C16H20BrNO2/c1-12(2)20-16-10-13(14(17)11-15(16)19-3)6-9-18-7-4-5-8-18/h4-5,7-8,10-12H,6,9H2,1-3H3. The molecule has 0 saturated carbocycles. The van der Waals surface area contributed by atoms with Gasteiger partial charge in [-0.2, -0.15) is 0 Å². The number of hydrogen-bond donors (Lipinski definition) is 0. The Bertz CT molecular complexity index is 550. The maximum absolute atomic E-state index is 5.82. The van der Waals surface area contributed by atoms with Crippen LogP contribution in [-0.4, -0.2) is 17.8 Å². The molecule has 2 rings (SSSR count). The summed E-state index contributed by atoms with van der Waals surface area (Å²) < 4.78 is 14.4. The van der Waals surface area contributed by atoms with Gasteiger partial charge in [0, 0.05) is 23.4 Å². The minimum absolute atomic E-state index is 0.127. The third kappa shape index (κ3) is 3.79. The van der Waals surface area contributed by atoms with Gasteiger partial charge in [-0.3, -0.25) is 0 Å². The topological polar surface area (TPSA) is 23.4 Å². The number of rotatable bonds is 6. The lowest BCUT2D eigenvalue weighted by Gasteiger charge is -2.16. The number of methoxy groups -OCH3 is 1. The van der Waals surface area contributed by atoms with Gasteiger partial charge in [0.15, 0.2) is 11.5 Å². The second-order valence-electron chi connectivity index (χ2n) is 4.93. The van der Waals surface area contributed by atoms with Crippen LogP contribution < -0.4 is 9.47 Å². The average molecular weight is 338 g/mol. The van der Waals surface area contributed by atoms with Crippen LogP contribution in [0.25, 0.3) is 0 Å². The first-order valence-corrected chi connectivity index (χ1v) is 7.53. The maximum atomic E-state index is 5.82. The second-order valence-corrected chi connectivity index (χ2v) is 5.79. The van der Waals surface area contributed by atoms with Crippen LogP contribution in [0.2, 0.25) is 0 Å². The van der Waals surface area contributed by atoms with Gasteiger partial charge in [0.2, 0.25) is 0 Å². The van der Waals surface area contributed by atoms with E-state index in [1.54, 1.807) is 7.11 Å². The van der Waals surface area contributed by atoms with Crippen molar-refractivity contribution in [3.05, 3.63) is 46.7 Å². The zero-order valence-corrected chi connectivity index (χ0v) is 13.7. The van der Waals surface area contributed by atoms with E-state index < -0.39 is 0 Å². The Morgan fingerprint density at radius 3 is 2.45 bits per heavy atom. The minimum atomic E-state index is 0.127. The van der Waals surface area contributed by atoms with Gasteiger partial charge >= 0.3 is 0 Å². The Labute approximate surface area is 128 Å². The van der Waals surface area contributed by atoms with E-state index in [-0.39, 0.29) is 6.10 Å². The van der Waals surface area contributed by atoms with Crippen LogP contribution in [0, 0.1) is 0 Å². The lowest BCUT2D eigenvalue weighted by Crippen LogP contribution is -2.08. The fourth-order valence-corrected chi connectivity index (χ4v) is 2.56. The van der Waals surface area contributed by atoms with Crippen molar-refractivity contribution >= 4 is 15.9 Å². The molecule has 0 atom stereocenters. The van der Waals surface area contributed by atoms with Crippen molar-refractivity contribution in [1.82, 2.24) is 4.57 Å². The molecule has 0 N–H and O–H groups in total. The smallest absolute Gasteiger partial charge is 0.161 e. The SMILES string of the molecule is COc1cc(Br)c(CCn2cccc2)cc1OC(C)C. The summed E-state index contributed by atoms with van der Waals surface area (Å²) in [6.45, 7) is 4.97. The van der Waals surface area contributed by atoms with Crippen LogP contribution in [0.4, 0.5) is 0 Å². The molecule has 0 aliphatic carbocycles. The lowest BCUT2D eigenvalue weighted by molar-refractivity contribution is 0.230. The number of ether oxygens (including phenoxy) is 2. The van der Waals surface area contributed by atoms with Crippen LogP contribution in [0.3, 0.4) is 0 Å². The zero-order valence-electron chi connectivity index (χ0n) is 12.1. The van der Waals surface area contributed by atoms with Crippen LogP contribution in [0.15, 0.2) is 41.1 Å². The molecule has 2 aromatic rings.